The number of fused-ring (bicyclic) bond motifs is 1. The molecule has 0 aromatic heterocycles. The molecule has 2 rings (SSSR count). The van der Waals surface area contributed by atoms with Gasteiger partial charge in [-0.3, -0.25) is 0 Å². The standard InChI is InChI=1S/C16H21BrOSi/c1-4-5-11-19(2,3)18-16-8-6-7-13-12-14(17)9-10-15(13)16/h6-10,12H,4-5,11H2,1-3H3. The highest BCUT2D eigenvalue weighted by atomic mass is 79.9. The quantitative estimate of drug-likeness (QED) is 0.609. The Morgan fingerprint density at radius 3 is 2.68 bits per heavy atom. The lowest BCUT2D eigenvalue weighted by Crippen LogP contribution is -2.33. The van der Waals surface area contributed by atoms with Crippen LogP contribution in [0.25, 0.3) is 10.8 Å². The molecule has 0 fully saturated rings. The first kappa shape index (κ1) is 14.6. The Morgan fingerprint density at radius 2 is 1.95 bits per heavy atom. The molecule has 0 saturated heterocycles. The van der Waals surface area contributed by atoms with Gasteiger partial charge in [-0.1, -0.05) is 47.8 Å². The molecule has 2 aromatic rings. The molecule has 0 bridgehead atoms. The number of hydrogen-bond donors (Lipinski definition) is 0. The summed E-state index contributed by atoms with van der Waals surface area (Å²) in [7, 11) is -1.61. The van der Waals surface area contributed by atoms with Crippen LogP contribution in [0.3, 0.4) is 0 Å². The number of hydrogen-bond acceptors (Lipinski definition) is 1. The van der Waals surface area contributed by atoms with E-state index in [2.05, 4.69) is 72.3 Å². The minimum absolute atomic E-state index is 1.04. The van der Waals surface area contributed by atoms with Gasteiger partial charge in [0.25, 0.3) is 0 Å². The van der Waals surface area contributed by atoms with E-state index in [0.717, 1.165) is 10.2 Å². The van der Waals surface area contributed by atoms with Crippen molar-refractivity contribution in [2.75, 3.05) is 0 Å². The summed E-state index contributed by atoms with van der Waals surface area (Å²) in [5.41, 5.74) is 0. The van der Waals surface area contributed by atoms with E-state index in [4.69, 9.17) is 4.43 Å². The van der Waals surface area contributed by atoms with Gasteiger partial charge < -0.3 is 4.43 Å². The molecular weight excluding hydrogens is 316 g/mol. The molecule has 0 saturated carbocycles. The van der Waals surface area contributed by atoms with Crippen molar-refractivity contribution in [1.29, 1.82) is 0 Å². The average molecular weight is 337 g/mol. The third-order valence-corrected chi connectivity index (χ3v) is 6.14. The highest BCUT2D eigenvalue weighted by molar-refractivity contribution is 9.10. The van der Waals surface area contributed by atoms with Crippen LogP contribution in [0.2, 0.25) is 19.1 Å². The second-order valence-corrected chi connectivity index (χ2v) is 10.7. The summed E-state index contributed by atoms with van der Waals surface area (Å²) in [4.78, 5) is 0. The summed E-state index contributed by atoms with van der Waals surface area (Å²) in [6.45, 7) is 6.85. The lowest BCUT2D eigenvalue weighted by Gasteiger charge is -2.25. The van der Waals surface area contributed by atoms with Crippen molar-refractivity contribution in [1.82, 2.24) is 0 Å². The minimum Gasteiger partial charge on any atom is -0.544 e. The summed E-state index contributed by atoms with van der Waals surface area (Å²) < 4.78 is 7.49. The van der Waals surface area contributed by atoms with E-state index in [-0.39, 0.29) is 0 Å². The molecule has 0 heterocycles. The molecule has 3 heteroatoms. The lowest BCUT2D eigenvalue weighted by molar-refractivity contribution is 0.548. The fraction of sp³-hybridized carbons (Fsp3) is 0.375. The average Bonchev–Trinajstić information content (AvgIpc) is 2.36. The van der Waals surface area contributed by atoms with E-state index >= 15 is 0 Å². The van der Waals surface area contributed by atoms with Crippen LogP contribution in [-0.2, 0) is 0 Å². The number of rotatable bonds is 5. The normalized spacial score (nSPS) is 11.8. The first-order valence-corrected chi connectivity index (χ1v) is 10.8. The molecule has 0 aliphatic rings. The van der Waals surface area contributed by atoms with E-state index in [1.54, 1.807) is 0 Å². The van der Waals surface area contributed by atoms with Gasteiger partial charge in [-0.05, 0) is 48.8 Å². The predicted octanol–water partition coefficient (Wildman–Crippen LogP) is 5.99. The van der Waals surface area contributed by atoms with Crippen LogP contribution >= 0.6 is 15.9 Å². The van der Waals surface area contributed by atoms with Crippen molar-refractivity contribution in [2.24, 2.45) is 0 Å². The zero-order chi connectivity index (χ0) is 13.9. The van der Waals surface area contributed by atoms with Crippen LogP contribution in [0.5, 0.6) is 5.75 Å². The van der Waals surface area contributed by atoms with Crippen molar-refractivity contribution < 1.29 is 4.43 Å². The summed E-state index contributed by atoms with van der Waals surface area (Å²) >= 11 is 3.52. The van der Waals surface area contributed by atoms with Crippen molar-refractivity contribution in [2.45, 2.75) is 38.9 Å². The third kappa shape index (κ3) is 3.83. The SMILES string of the molecule is CCCC[Si](C)(C)Oc1cccc2cc(Br)ccc12. The third-order valence-electron chi connectivity index (χ3n) is 3.32. The first-order valence-electron chi connectivity index (χ1n) is 6.89. The van der Waals surface area contributed by atoms with Gasteiger partial charge in [0.05, 0.1) is 0 Å². The van der Waals surface area contributed by atoms with Crippen LogP contribution in [0.1, 0.15) is 19.8 Å². The van der Waals surface area contributed by atoms with E-state index < -0.39 is 8.32 Å². The molecule has 0 atom stereocenters. The molecular formula is C16H21BrOSi. The van der Waals surface area contributed by atoms with Crippen LogP contribution in [-0.4, -0.2) is 8.32 Å². The van der Waals surface area contributed by atoms with Gasteiger partial charge in [0, 0.05) is 9.86 Å². The number of unbranched alkanes of at least 4 members (excludes halogenated alkanes) is 1. The van der Waals surface area contributed by atoms with Crippen molar-refractivity contribution in [3.8, 4) is 5.75 Å². The molecule has 102 valence electrons. The van der Waals surface area contributed by atoms with Gasteiger partial charge in [-0.2, -0.15) is 0 Å². The van der Waals surface area contributed by atoms with Crippen LogP contribution in [0.15, 0.2) is 40.9 Å². The van der Waals surface area contributed by atoms with E-state index in [1.165, 1.54) is 29.7 Å². The van der Waals surface area contributed by atoms with Crippen molar-refractivity contribution >= 4 is 35.0 Å². The van der Waals surface area contributed by atoms with Crippen LogP contribution < -0.4 is 4.43 Å². The fourth-order valence-electron chi connectivity index (χ4n) is 2.27. The molecule has 0 aliphatic carbocycles. The summed E-state index contributed by atoms with van der Waals surface area (Å²) in [6.07, 6.45) is 2.50. The van der Waals surface area contributed by atoms with Crippen molar-refractivity contribution in [3.05, 3.63) is 40.9 Å². The lowest BCUT2D eigenvalue weighted by atomic mass is 10.1. The summed E-state index contributed by atoms with van der Waals surface area (Å²) in [6, 6.07) is 13.9. The maximum absolute atomic E-state index is 6.38. The Hall–Kier alpha value is -0.803. The molecule has 0 unspecified atom stereocenters. The number of halogens is 1. The molecule has 0 radical (unpaired) electrons. The molecule has 0 spiro atoms. The molecule has 0 amide bonds. The second-order valence-electron chi connectivity index (χ2n) is 5.59. The molecule has 0 aliphatic heterocycles. The highest BCUT2D eigenvalue weighted by Crippen LogP contribution is 2.30. The number of benzene rings is 2. The second kappa shape index (κ2) is 6.10. The first-order chi connectivity index (χ1) is 9.02. The monoisotopic (exact) mass is 336 g/mol. The van der Waals surface area contributed by atoms with E-state index in [9.17, 15) is 0 Å². The van der Waals surface area contributed by atoms with Gasteiger partial charge in [-0.25, -0.2) is 0 Å². The largest absolute Gasteiger partial charge is 0.544 e. The summed E-state index contributed by atoms with van der Waals surface area (Å²) in [5.74, 6) is 1.04. The maximum atomic E-state index is 6.38. The molecule has 2 aromatic carbocycles. The topological polar surface area (TPSA) is 9.23 Å². The van der Waals surface area contributed by atoms with Gasteiger partial charge >= 0.3 is 0 Å². The zero-order valence-electron chi connectivity index (χ0n) is 11.9. The van der Waals surface area contributed by atoms with E-state index in [1.807, 2.05) is 0 Å². The molecule has 19 heavy (non-hydrogen) atoms. The van der Waals surface area contributed by atoms with Gasteiger partial charge in [0.2, 0.25) is 8.32 Å². The Labute approximate surface area is 125 Å². The summed E-state index contributed by atoms with van der Waals surface area (Å²) in [5, 5.41) is 2.44. The fourth-order valence-corrected chi connectivity index (χ4v) is 4.72. The maximum Gasteiger partial charge on any atom is 0.245 e. The Morgan fingerprint density at radius 1 is 1.16 bits per heavy atom. The molecule has 1 nitrogen and oxygen atoms in total. The van der Waals surface area contributed by atoms with Gasteiger partial charge in [0.1, 0.15) is 5.75 Å². The van der Waals surface area contributed by atoms with Gasteiger partial charge in [0.15, 0.2) is 0 Å². The Kier molecular flexibility index (Phi) is 4.69. The minimum atomic E-state index is -1.61. The Balaban J connectivity index is 2.30. The Bertz CT molecular complexity index is 566. The zero-order valence-corrected chi connectivity index (χ0v) is 14.5. The smallest absolute Gasteiger partial charge is 0.245 e. The predicted molar refractivity (Wildman–Crippen MR) is 89.5 cm³/mol. The van der Waals surface area contributed by atoms with Crippen molar-refractivity contribution in [3.63, 3.8) is 0 Å². The van der Waals surface area contributed by atoms with Crippen LogP contribution in [0.4, 0.5) is 0 Å². The van der Waals surface area contributed by atoms with Crippen LogP contribution in [0, 0.1) is 0 Å². The van der Waals surface area contributed by atoms with E-state index in [0.29, 0.717) is 0 Å². The molecule has 0 N–H and O–H groups in total. The van der Waals surface area contributed by atoms with Gasteiger partial charge in [-0.15, -0.1) is 0 Å². The highest BCUT2D eigenvalue weighted by Gasteiger charge is 2.24.